The largest absolute Gasteiger partial charge is 0.488 e. The summed E-state index contributed by atoms with van der Waals surface area (Å²) in [5.74, 6) is 0.424. The van der Waals surface area contributed by atoms with Gasteiger partial charge in [-0.3, -0.25) is 9.69 Å². The molecule has 1 unspecified atom stereocenters. The molecule has 6 rings (SSSR count). The molecule has 3 aliphatic heterocycles. The van der Waals surface area contributed by atoms with Gasteiger partial charge in [0.1, 0.15) is 18.2 Å². The first-order valence-electron chi connectivity index (χ1n) is 13.5. The Bertz CT molecular complexity index is 1440. The molecule has 8 nitrogen and oxygen atoms in total. The Morgan fingerprint density at radius 3 is 2.79 bits per heavy atom. The molecule has 3 aliphatic rings. The van der Waals surface area contributed by atoms with Crippen LogP contribution in [-0.4, -0.2) is 59.8 Å². The predicted octanol–water partition coefficient (Wildman–Crippen LogP) is 4.18. The minimum Gasteiger partial charge on any atom is -0.488 e. The second kappa shape index (κ2) is 10.7. The summed E-state index contributed by atoms with van der Waals surface area (Å²) in [6, 6.07) is 18.9. The summed E-state index contributed by atoms with van der Waals surface area (Å²) in [5, 5.41) is 19.3. The number of fused-ring (bicyclic) bond motifs is 1. The number of carboxylic acid groups (broad SMARTS) is 1. The molecule has 200 valence electrons. The first-order valence-corrected chi connectivity index (χ1v) is 13.5. The predicted molar refractivity (Wildman–Crippen MR) is 147 cm³/mol. The number of benzene rings is 2. The highest BCUT2D eigenvalue weighted by Gasteiger charge is 2.31. The lowest BCUT2D eigenvalue weighted by atomic mass is 9.92. The number of pyridine rings is 1. The molecule has 0 aliphatic carbocycles. The summed E-state index contributed by atoms with van der Waals surface area (Å²) in [5.41, 5.74) is 6.75. The maximum absolute atomic E-state index is 11.4. The van der Waals surface area contributed by atoms with Crippen molar-refractivity contribution in [3.8, 4) is 23.1 Å². The highest BCUT2D eigenvalue weighted by Crippen LogP contribution is 2.35. The first-order chi connectivity index (χ1) is 19.0. The molecule has 0 bridgehead atoms. The van der Waals surface area contributed by atoms with Gasteiger partial charge in [-0.15, -0.1) is 0 Å². The molecule has 3 aromatic rings. The molecule has 2 saturated heterocycles. The topological polar surface area (TPSA) is 98.9 Å². The van der Waals surface area contributed by atoms with Crippen LogP contribution in [0.25, 0.3) is 11.3 Å². The molecule has 1 aromatic heterocycles. The monoisotopic (exact) mass is 524 g/mol. The third-order valence-electron chi connectivity index (χ3n) is 8.16. The van der Waals surface area contributed by atoms with E-state index in [0.29, 0.717) is 32.2 Å². The number of anilines is 1. The second-order valence-corrected chi connectivity index (χ2v) is 10.7. The molecule has 2 aromatic carbocycles. The first kappa shape index (κ1) is 25.4. The van der Waals surface area contributed by atoms with Crippen molar-refractivity contribution >= 4 is 11.8 Å². The van der Waals surface area contributed by atoms with Crippen molar-refractivity contribution in [1.29, 1.82) is 5.26 Å². The van der Waals surface area contributed by atoms with Crippen molar-refractivity contribution in [2.45, 2.75) is 39.0 Å². The number of aromatic nitrogens is 1. The van der Waals surface area contributed by atoms with E-state index in [1.165, 1.54) is 5.56 Å². The van der Waals surface area contributed by atoms with Gasteiger partial charge in [-0.05, 0) is 66.3 Å². The molecule has 0 spiro atoms. The zero-order chi connectivity index (χ0) is 26.9. The van der Waals surface area contributed by atoms with Crippen LogP contribution in [0.5, 0.6) is 5.75 Å². The lowest BCUT2D eigenvalue weighted by Crippen LogP contribution is -2.50. The average Bonchev–Trinajstić information content (AvgIpc) is 3.42. The zero-order valence-corrected chi connectivity index (χ0v) is 22.1. The van der Waals surface area contributed by atoms with Crippen LogP contribution in [0.2, 0.25) is 0 Å². The van der Waals surface area contributed by atoms with Gasteiger partial charge in [-0.25, -0.2) is 4.98 Å². The van der Waals surface area contributed by atoms with E-state index in [-0.39, 0.29) is 5.92 Å². The van der Waals surface area contributed by atoms with Gasteiger partial charge in [0, 0.05) is 31.7 Å². The molecule has 0 amide bonds. The molecule has 1 atom stereocenters. The van der Waals surface area contributed by atoms with E-state index in [0.717, 1.165) is 77.8 Å². The van der Waals surface area contributed by atoms with Gasteiger partial charge in [-0.1, -0.05) is 24.3 Å². The van der Waals surface area contributed by atoms with Crippen molar-refractivity contribution in [1.82, 2.24) is 9.88 Å². The zero-order valence-electron chi connectivity index (χ0n) is 22.1. The molecule has 1 N–H and O–H groups in total. The third-order valence-corrected chi connectivity index (χ3v) is 8.16. The van der Waals surface area contributed by atoms with E-state index in [1.807, 2.05) is 54.3 Å². The molecule has 4 heterocycles. The Balaban J connectivity index is 1.23. The molecule has 0 saturated carbocycles. The van der Waals surface area contributed by atoms with Crippen LogP contribution in [0.1, 0.15) is 34.2 Å². The van der Waals surface area contributed by atoms with Gasteiger partial charge in [0.05, 0.1) is 42.5 Å². The lowest BCUT2D eigenvalue weighted by molar-refractivity contribution is -0.140. The number of aryl methyl sites for hydroxylation is 1. The van der Waals surface area contributed by atoms with Crippen molar-refractivity contribution < 1.29 is 19.4 Å². The van der Waals surface area contributed by atoms with Crippen LogP contribution in [-0.2, 0) is 29.1 Å². The molecule has 2 fully saturated rings. The van der Waals surface area contributed by atoms with Crippen LogP contribution in [0, 0.1) is 24.2 Å². The van der Waals surface area contributed by atoms with E-state index < -0.39 is 5.97 Å². The Hall–Kier alpha value is -3.93. The Kier molecular flexibility index (Phi) is 6.94. The number of carboxylic acids is 1. The summed E-state index contributed by atoms with van der Waals surface area (Å²) in [6.45, 7) is 6.84. The Labute approximate surface area is 228 Å². The van der Waals surface area contributed by atoms with Crippen LogP contribution in [0.3, 0.4) is 0 Å². The van der Waals surface area contributed by atoms with Gasteiger partial charge in [0.15, 0.2) is 0 Å². The summed E-state index contributed by atoms with van der Waals surface area (Å²) in [6.07, 6.45) is 1.54. The van der Waals surface area contributed by atoms with Crippen molar-refractivity contribution in [2.24, 2.45) is 5.92 Å². The standard InChI is InChI=1S/C31H32N4O4/c1-20-4-2-5-26(28-6-3-7-29(33-28)35-11-9-23(15-35)31(36)37)30(20)39-17-21-12-22-8-10-34(25-18-38-19-25)16-27(22)24(13-21)14-32/h2-7,12-13,23,25H,8-11,15-19H2,1H3,(H,36,37). The number of carbonyl (C=O) groups is 1. The smallest absolute Gasteiger partial charge is 0.308 e. The fraction of sp³-hybridized carbons (Fsp3) is 0.387. The SMILES string of the molecule is Cc1cccc(-c2cccc(N3CCC(C(=O)O)C3)n2)c1OCc1cc(C#N)c2c(c1)CCN(C1COC1)C2. The van der Waals surface area contributed by atoms with E-state index >= 15 is 0 Å². The van der Waals surface area contributed by atoms with Crippen molar-refractivity contribution in [3.05, 3.63) is 76.3 Å². The number of rotatable bonds is 7. The van der Waals surface area contributed by atoms with Gasteiger partial charge >= 0.3 is 5.97 Å². The van der Waals surface area contributed by atoms with Crippen LogP contribution < -0.4 is 9.64 Å². The fourth-order valence-corrected chi connectivity index (χ4v) is 5.80. The third kappa shape index (κ3) is 5.08. The molecule has 0 radical (unpaired) electrons. The number of aliphatic carboxylic acids is 1. The fourth-order valence-electron chi connectivity index (χ4n) is 5.80. The maximum atomic E-state index is 11.4. The summed E-state index contributed by atoms with van der Waals surface area (Å²) in [4.78, 5) is 20.8. The van der Waals surface area contributed by atoms with Crippen LogP contribution >= 0.6 is 0 Å². The highest BCUT2D eigenvalue weighted by molar-refractivity contribution is 5.73. The number of nitrogens with zero attached hydrogens (tertiary/aromatic N) is 4. The normalized spacial score (nSPS) is 19.3. The lowest BCUT2D eigenvalue weighted by Gasteiger charge is -2.40. The summed E-state index contributed by atoms with van der Waals surface area (Å²) < 4.78 is 11.8. The van der Waals surface area contributed by atoms with Crippen LogP contribution in [0.4, 0.5) is 5.82 Å². The van der Waals surface area contributed by atoms with E-state index in [2.05, 4.69) is 17.0 Å². The Morgan fingerprint density at radius 2 is 2.05 bits per heavy atom. The number of hydrogen-bond acceptors (Lipinski definition) is 7. The molecular weight excluding hydrogens is 492 g/mol. The number of hydrogen-bond donors (Lipinski definition) is 1. The van der Waals surface area contributed by atoms with Gasteiger partial charge in [0.2, 0.25) is 0 Å². The van der Waals surface area contributed by atoms with Crippen molar-refractivity contribution in [2.75, 3.05) is 37.7 Å². The maximum Gasteiger partial charge on any atom is 0.308 e. The van der Waals surface area contributed by atoms with Crippen LogP contribution in [0.15, 0.2) is 48.5 Å². The minimum atomic E-state index is -0.755. The van der Waals surface area contributed by atoms with E-state index in [1.54, 1.807) is 0 Å². The number of para-hydroxylation sites is 1. The molecular formula is C31H32N4O4. The summed E-state index contributed by atoms with van der Waals surface area (Å²) in [7, 11) is 0. The van der Waals surface area contributed by atoms with Gasteiger partial charge in [-0.2, -0.15) is 5.26 Å². The highest BCUT2D eigenvalue weighted by atomic mass is 16.5. The average molecular weight is 525 g/mol. The second-order valence-electron chi connectivity index (χ2n) is 10.7. The number of ether oxygens (including phenoxy) is 2. The van der Waals surface area contributed by atoms with E-state index in [9.17, 15) is 15.2 Å². The molecule has 8 heteroatoms. The minimum absolute atomic E-state index is 0.353. The van der Waals surface area contributed by atoms with E-state index in [4.69, 9.17) is 14.5 Å². The molecule has 39 heavy (non-hydrogen) atoms. The van der Waals surface area contributed by atoms with Crippen molar-refractivity contribution in [3.63, 3.8) is 0 Å². The van der Waals surface area contributed by atoms with Gasteiger partial charge < -0.3 is 19.5 Å². The Morgan fingerprint density at radius 1 is 1.21 bits per heavy atom. The number of nitriles is 1. The summed E-state index contributed by atoms with van der Waals surface area (Å²) >= 11 is 0. The quantitative estimate of drug-likeness (QED) is 0.492. The van der Waals surface area contributed by atoms with Gasteiger partial charge in [0.25, 0.3) is 0 Å².